The van der Waals surface area contributed by atoms with Crippen molar-refractivity contribution in [3.63, 3.8) is 0 Å². The zero-order valence-electron chi connectivity index (χ0n) is 8.58. The Labute approximate surface area is 84.8 Å². The van der Waals surface area contributed by atoms with Crippen LogP contribution in [0.25, 0.3) is 6.08 Å². The van der Waals surface area contributed by atoms with E-state index in [-0.39, 0.29) is 5.78 Å². The molecule has 0 saturated heterocycles. The zero-order valence-corrected chi connectivity index (χ0v) is 8.58. The molecule has 0 saturated carbocycles. The van der Waals surface area contributed by atoms with Crippen molar-refractivity contribution in [2.45, 2.75) is 13.8 Å². The first-order valence-corrected chi connectivity index (χ1v) is 4.55. The van der Waals surface area contributed by atoms with E-state index in [4.69, 9.17) is 0 Å². The minimum absolute atomic E-state index is 0.0221. The number of Topliss-reactive ketones (excluding diaryl/α,β-unsaturated/α-hetero) is 1. The molecule has 0 aliphatic rings. The molecule has 0 aliphatic heterocycles. The molecule has 1 aromatic carbocycles. The van der Waals surface area contributed by atoms with Gasteiger partial charge in [-0.1, -0.05) is 36.9 Å². The summed E-state index contributed by atoms with van der Waals surface area (Å²) >= 11 is 0. The molecule has 0 heterocycles. The maximum absolute atomic E-state index is 11.5. The molecule has 14 heavy (non-hydrogen) atoms. The van der Waals surface area contributed by atoms with Crippen LogP contribution in [-0.4, -0.2) is 5.78 Å². The van der Waals surface area contributed by atoms with Gasteiger partial charge >= 0.3 is 0 Å². The van der Waals surface area contributed by atoms with Crippen molar-refractivity contribution in [1.82, 2.24) is 0 Å². The second-order valence-corrected chi connectivity index (χ2v) is 3.35. The van der Waals surface area contributed by atoms with Gasteiger partial charge in [0.25, 0.3) is 0 Å². The third kappa shape index (κ3) is 2.70. The van der Waals surface area contributed by atoms with E-state index in [0.717, 1.165) is 11.1 Å². The second kappa shape index (κ2) is 4.56. The van der Waals surface area contributed by atoms with Crippen LogP contribution in [0.2, 0.25) is 0 Å². The number of benzene rings is 1. The molecule has 1 aromatic rings. The molecule has 1 heteroatoms. The molecule has 0 unspecified atom stereocenters. The Morgan fingerprint density at radius 1 is 1.21 bits per heavy atom. The van der Waals surface area contributed by atoms with Crippen LogP contribution in [0.3, 0.4) is 0 Å². The van der Waals surface area contributed by atoms with Gasteiger partial charge < -0.3 is 0 Å². The highest BCUT2D eigenvalue weighted by Gasteiger charge is 2.03. The first-order chi connectivity index (χ1) is 6.61. The molecule has 0 atom stereocenters. The number of hydrogen-bond donors (Lipinski definition) is 0. The Kier molecular flexibility index (Phi) is 3.41. The van der Waals surface area contributed by atoms with Gasteiger partial charge in [0.1, 0.15) is 0 Å². The fourth-order valence-electron chi connectivity index (χ4n) is 1.20. The van der Waals surface area contributed by atoms with E-state index in [2.05, 4.69) is 6.58 Å². The lowest BCUT2D eigenvalue weighted by Crippen LogP contribution is -1.99. The summed E-state index contributed by atoms with van der Waals surface area (Å²) in [4.78, 5) is 11.5. The average Bonchev–Trinajstić information content (AvgIpc) is 2.18. The normalized spacial score (nSPS) is 11.1. The number of hydrogen-bond acceptors (Lipinski definition) is 1. The third-order valence-electron chi connectivity index (χ3n) is 1.93. The summed E-state index contributed by atoms with van der Waals surface area (Å²) in [6.45, 7) is 7.16. The number of carbonyl (C=O) groups excluding carboxylic acids is 1. The summed E-state index contributed by atoms with van der Waals surface area (Å²) in [6.07, 6.45) is 1.87. The lowest BCUT2D eigenvalue weighted by atomic mass is 10.0. The maximum atomic E-state index is 11.5. The highest BCUT2D eigenvalue weighted by atomic mass is 16.1. The Hall–Kier alpha value is -1.63. The van der Waals surface area contributed by atoms with Gasteiger partial charge in [-0.05, 0) is 36.6 Å². The third-order valence-corrected chi connectivity index (χ3v) is 1.93. The predicted octanol–water partition coefficient (Wildman–Crippen LogP) is 3.24. The lowest BCUT2D eigenvalue weighted by Gasteiger charge is -1.99. The molecule has 0 bridgehead atoms. The van der Waals surface area contributed by atoms with Crippen LogP contribution in [-0.2, 0) is 4.79 Å². The van der Waals surface area contributed by atoms with Crippen LogP contribution < -0.4 is 0 Å². The van der Waals surface area contributed by atoms with Crippen molar-refractivity contribution in [2.75, 3.05) is 0 Å². The van der Waals surface area contributed by atoms with Gasteiger partial charge in [0.2, 0.25) is 0 Å². The van der Waals surface area contributed by atoms with E-state index in [1.807, 2.05) is 43.3 Å². The van der Waals surface area contributed by atoms with E-state index >= 15 is 0 Å². The SMILES string of the molecule is C=C(C)C(=O)C(C)=Cc1ccccc1. The number of carbonyl (C=O) groups is 1. The fraction of sp³-hybridized carbons (Fsp3) is 0.154. The monoisotopic (exact) mass is 186 g/mol. The minimum atomic E-state index is 0.0221. The van der Waals surface area contributed by atoms with Crippen LogP contribution in [0, 0.1) is 0 Å². The highest BCUT2D eigenvalue weighted by Crippen LogP contribution is 2.09. The van der Waals surface area contributed by atoms with E-state index in [1.165, 1.54) is 0 Å². The van der Waals surface area contributed by atoms with E-state index in [1.54, 1.807) is 6.92 Å². The van der Waals surface area contributed by atoms with Crippen molar-refractivity contribution in [3.8, 4) is 0 Å². The number of ketones is 1. The quantitative estimate of drug-likeness (QED) is 0.662. The molecule has 0 fully saturated rings. The summed E-state index contributed by atoms with van der Waals surface area (Å²) in [5.74, 6) is 0.0221. The molecule has 0 spiro atoms. The summed E-state index contributed by atoms with van der Waals surface area (Å²) < 4.78 is 0. The van der Waals surface area contributed by atoms with Gasteiger partial charge in [-0.15, -0.1) is 0 Å². The Morgan fingerprint density at radius 2 is 1.79 bits per heavy atom. The van der Waals surface area contributed by atoms with Crippen molar-refractivity contribution in [2.24, 2.45) is 0 Å². The van der Waals surface area contributed by atoms with Crippen molar-refractivity contribution < 1.29 is 4.79 Å². The van der Waals surface area contributed by atoms with Gasteiger partial charge in [-0.3, -0.25) is 4.79 Å². The Morgan fingerprint density at radius 3 is 2.29 bits per heavy atom. The molecular formula is C13H14O. The Balaban J connectivity index is 2.90. The number of rotatable bonds is 3. The van der Waals surface area contributed by atoms with Crippen LogP contribution in [0.1, 0.15) is 19.4 Å². The molecule has 1 rings (SSSR count). The zero-order chi connectivity index (χ0) is 10.6. The molecular weight excluding hydrogens is 172 g/mol. The van der Waals surface area contributed by atoms with Crippen LogP contribution in [0.5, 0.6) is 0 Å². The minimum Gasteiger partial charge on any atom is -0.289 e. The van der Waals surface area contributed by atoms with Gasteiger partial charge in [0.15, 0.2) is 5.78 Å². The largest absolute Gasteiger partial charge is 0.289 e. The fourth-order valence-corrected chi connectivity index (χ4v) is 1.20. The first-order valence-electron chi connectivity index (χ1n) is 4.55. The lowest BCUT2D eigenvalue weighted by molar-refractivity contribution is -0.112. The van der Waals surface area contributed by atoms with E-state index in [0.29, 0.717) is 5.57 Å². The first kappa shape index (κ1) is 10.5. The molecule has 0 aromatic heterocycles. The second-order valence-electron chi connectivity index (χ2n) is 3.35. The standard InChI is InChI=1S/C13H14O/c1-10(2)13(14)11(3)9-12-7-5-4-6-8-12/h4-9H,1H2,2-3H3. The van der Waals surface area contributed by atoms with E-state index in [9.17, 15) is 4.79 Å². The van der Waals surface area contributed by atoms with Crippen molar-refractivity contribution in [1.29, 1.82) is 0 Å². The molecule has 72 valence electrons. The summed E-state index contributed by atoms with van der Waals surface area (Å²) in [5, 5.41) is 0. The molecule has 1 nitrogen and oxygen atoms in total. The van der Waals surface area contributed by atoms with Gasteiger partial charge in [-0.25, -0.2) is 0 Å². The summed E-state index contributed by atoms with van der Waals surface area (Å²) in [7, 11) is 0. The van der Waals surface area contributed by atoms with Crippen molar-refractivity contribution >= 4 is 11.9 Å². The molecule has 0 radical (unpaired) electrons. The Bertz CT molecular complexity index is 371. The van der Waals surface area contributed by atoms with Crippen LogP contribution in [0.4, 0.5) is 0 Å². The van der Waals surface area contributed by atoms with E-state index < -0.39 is 0 Å². The average molecular weight is 186 g/mol. The highest BCUT2D eigenvalue weighted by molar-refractivity contribution is 6.09. The smallest absolute Gasteiger partial charge is 0.183 e. The van der Waals surface area contributed by atoms with Gasteiger partial charge in [0, 0.05) is 0 Å². The molecule has 0 aliphatic carbocycles. The summed E-state index contributed by atoms with van der Waals surface area (Å²) in [5.41, 5.74) is 2.35. The van der Waals surface area contributed by atoms with Crippen LogP contribution in [0.15, 0.2) is 48.1 Å². The molecule has 0 N–H and O–H groups in total. The predicted molar refractivity (Wildman–Crippen MR) is 59.9 cm³/mol. The maximum Gasteiger partial charge on any atom is 0.183 e. The topological polar surface area (TPSA) is 17.1 Å². The molecule has 0 amide bonds. The number of allylic oxidation sites excluding steroid dienone is 2. The van der Waals surface area contributed by atoms with Gasteiger partial charge in [-0.2, -0.15) is 0 Å². The van der Waals surface area contributed by atoms with Gasteiger partial charge in [0.05, 0.1) is 0 Å². The van der Waals surface area contributed by atoms with Crippen LogP contribution >= 0.6 is 0 Å². The van der Waals surface area contributed by atoms with Crippen molar-refractivity contribution in [3.05, 3.63) is 53.6 Å². The summed E-state index contributed by atoms with van der Waals surface area (Å²) in [6, 6.07) is 9.78.